The maximum atomic E-state index is 13.7. The largest absolute Gasteiger partial charge is 0.323 e. The van der Waals surface area contributed by atoms with E-state index in [0.29, 0.717) is 29.6 Å². The molecule has 1 aromatic heterocycles. The van der Waals surface area contributed by atoms with Gasteiger partial charge in [0, 0.05) is 6.54 Å². The first-order chi connectivity index (χ1) is 8.76. The van der Waals surface area contributed by atoms with E-state index >= 15 is 0 Å². The minimum atomic E-state index is -0.275. The van der Waals surface area contributed by atoms with Gasteiger partial charge in [0.25, 0.3) is 0 Å². The van der Waals surface area contributed by atoms with E-state index in [4.69, 9.17) is 11.6 Å². The fourth-order valence-corrected chi connectivity index (χ4v) is 1.82. The van der Waals surface area contributed by atoms with Crippen LogP contribution in [0.1, 0.15) is 12.6 Å². The smallest absolute Gasteiger partial charge is 0.151 e. The Morgan fingerprint density at radius 3 is 2.56 bits per heavy atom. The Hall–Kier alpha value is -1.68. The van der Waals surface area contributed by atoms with Crippen molar-refractivity contribution in [2.24, 2.45) is 0 Å². The number of hydrogen-bond acceptors (Lipinski definition) is 3. The van der Waals surface area contributed by atoms with Crippen molar-refractivity contribution in [3.05, 3.63) is 48.2 Å². The van der Waals surface area contributed by atoms with Crippen molar-refractivity contribution in [2.75, 3.05) is 11.4 Å². The topological polar surface area (TPSA) is 29.0 Å². The summed E-state index contributed by atoms with van der Waals surface area (Å²) in [6.07, 6.45) is 3.21. The third kappa shape index (κ3) is 2.59. The zero-order valence-corrected chi connectivity index (χ0v) is 10.7. The summed E-state index contributed by atoms with van der Waals surface area (Å²) in [5.41, 5.74) is 1.19. The number of halogens is 2. The zero-order chi connectivity index (χ0) is 13.0. The molecule has 0 bridgehead atoms. The second kappa shape index (κ2) is 5.78. The highest BCUT2D eigenvalue weighted by molar-refractivity contribution is 6.16. The molecule has 5 heteroatoms. The molecule has 0 aliphatic carbocycles. The van der Waals surface area contributed by atoms with E-state index in [1.54, 1.807) is 35.5 Å². The molecule has 18 heavy (non-hydrogen) atoms. The highest BCUT2D eigenvalue weighted by Crippen LogP contribution is 2.25. The van der Waals surface area contributed by atoms with E-state index in [1.807, 2.05) is 6.92 Å². The van der Waals surface area contributed by atoms with Gasteiger partial charge in [-0.1, -0.05) is 12.1 Å². The summed E-state index contributed by atoms with van der Waals surface area (Å²) in [6, 6.07) is 6.60. The second-order valence-corrected chi connectivity index (χ2v) is 3.96. The first-order valence-electron chi connectivity index (χ1n) is 5.65. The monoisotopic (exact) mass is 265 g/mol. The summed E-state index contributed by atoms with van der Waals surface area (Å²) in [7, 11) is 0. The molecule has 0 spiro atoms. The Bertz CT molecular complexity index is 516. The highest BCUT2D eigenvalue weighted by Gasteiger charge is 2.12. The number of alkyl halides is 1. The van der Waals surface area contributed by atoms with Gasteiger partial charge in [-0.2, -0.15) is 0 Å². The fourth-order valence-electron chi connectivity index (χ4n) is 1.68. The van der Waals surface area contributed by atoms with Crippen molar-refractivity contribution in [2.45, 2.75) is 12.8 Å². The summed E-state index contributed by atoms with van der Waals surface area (Å²) in [5, 5.41) is 0. The number of para-hydroxylation sites is 1. The van der Waals surface area contributed by atoms with Crippen molar-refractivity contribution >= 4 is 23.1 Å². The number of nitrogens with zero attached hydrogens (tertiary/aromatic N) is 3. The van der Waals surface area contributed by atoms with Gasteiger partial charge in [-0.05, 0) is 19.1 Å². The summed E-state index contributed by atoms with van der Waals surface area (Å²) >= 11 is 5.66. The van der Waals surface area contributed by atoms with Crippen LogP contribution in [0.15, 0.2) is 36.7 Å². The van der Waals surface area contributed by atoms with Crippen molar-refractivity contribution in [3.8, 4) is 0 Å². The van der Waals surface area contributed by atoms with Crippen molar-refractivity contribution in [1.82, 2.24) is 9.97 Å². The van der Waals surface area contributed by atoms with Crippen LogP contribution in [0.3, 0.4) is 0 Å². The van der Waals surface area contributed by atoms with Gasteiger partial charge in [0.1, 0.15) is 5.82 Å². The third-order valence-electron chi connectivity index (χ3n) is 2.56. The van der Waals surface area contributed by atoms with Crippen LogP contribution < -0.4 is 4.90 Å². The summed E-state index contributed by atoms with van der Waals surface area (Å²) < 4.78 is 13.7. The maximum Gasteiger partial charge on any atom is 0.151 e. The van der Waals surface area contributed by atoms with Crippen LogP contribution in [-0.2, 0) is 5.88 Å². The van der Waals surface area contributed by atoms with Gasteiger partial charge in [0.05, 0.1) is 29.7 Å². The number of hydrogen-bond donors (Lipinski definition) is 0. The van der Waals surface area contributed by atoms with Crippen LogP contribution in [0.2, 0.25) is 0 Å². The Labute approximate surface area is 110 Å². The lowest BCUT2D eigenvalue weighted by atomic mass is 10.2. The second-order valence-electron chi connectivity index (χ2n) is 3.70. The molecule has 1 heterocycles. The molecule has 2 rings (SSSR count). The van der Waals surface area contributed by atoms with Gasteiger partial charge in [0.15, 0.2) is 5.82 Å². The molecule has 0 amide bonds. The Morgan fingerprint density at radius 2 is 2.00 bits per heavy atom. The average molecular weight is 266 g/mol. The van der Waals surface area contributed by atoms with Crippen LogP contribution in [0.4, 0.5) is 15.9 Å². The number of rotatable bonds is 4. The molecule has 0 saturated carbocycles. The molecule has 0 radical (unpaired) electrons. The third-order valence-corrected chi connectivity index (χ3v) is 2.84. The van der Waals surface area contributed by atoms with Crippen LogP contribution in [0.25, 0.3) is 0 Å². The molecule has 0 N–H and O–H groups in total. The molecule has 0 fully saturated rings. The molecule has 2 aromatic rings. The lowest BCUT2D eigenvalue weighted by molar-refractivity contribution is 0.625. The van der Waals surface area contributed by atoms with Crippen LogP contribution >= 0.6 is 11.6 Å². The normalized spacial score (nSPS) is 10.4. The summed E-state index contributed by atoms with van der Waals surface area (Å²) in [4.78, 5) is 10.2. The lowest BCUT2D eigenvalue weighted by Crippen LogP contribution is -2.19. The Balaban J connectivity index is 2.36. The quantitative estimate of drug-likeness (QED) is 0.792. The van der Waals surface area contributed by atoms with Crippen LogP contribution in [0.5, 0.6) is 0 Å². The van der Waals surface area contributed by atoms with Crippen LogP contribution in [0, 0.1) is 5.82 Å². The molecule has 0 atom stereocenters. The van der Waals surface area contributed by atoms with Gasteiger partial charge in [-0.25, -0.2) is 9.37 Å². The van der Waals surface area contributed by atoms with Crippen molar-refractivity contribution in [3.63, 3.8) is 0 Å². The van der Waals surface area contributed by atoms with E-state index < -0.39 is 0 Å². The molecule has 3 nitrogen and oxygen atoms in total. The van der Waals surface area contributed by atoms with Gasteiger partial charge in [-0.3, -0.25) is 4.98 Å². The Kier molecular flexibility index (Phi) is 4.10. The van der Waals surface area contributed by atoms with Gasteiger partial charge < -0.3 is 4.90 Å². The molecule has 1 aromatic carbocycles. The lowest BCUT2D eigenvalue weighted by Gasteiger charge is -2.22. The van der Waals surface area contributed by atoms with Crippen molar-refractivity contribution in [1.29, 1.82) is 0 Å². The number of aromatic nitrogens is 2. The summed E-state index contributed by atoms with van der Waals surface area (Å²) in [5.74, 6) is 0.651. The highest BCUT2D eigenvalue weighted by atomic mass is 35.5. The number of benzene rings is 1. The van der Waals surface area contributed by atoms with E-state index in [9.17, 15) is 4.39 Å². The van der Waals surface area contributed by atoms with E-state index in [0.717, 1.165) is 0 Å². The van der Waals surface area contributed by atoms with E-state index in [2.05, 4.69) is 9.97 Å². The SMILES string of the molecule is CCN(c1cnc(CCl)cn1)c1ccccc1F. The average Bonchev–Trinajstić information content (AvgIpc) is 2.42. The Morgan fingerprint density at radius 1 is 1.22 bits per heavy atom. The minimum absolute atomic E-state index is 0.275. The number of anilines is 2. The molecule has 0 aliphatic heterocycles. The molecule has 0 aliphatic rings. The molecule has 94 valence electrons. The predicted molar refractivity (Wildman–Crippen MR) is 70.7 cm³/mol. The van der Waals surface area contributed by atoms with E-state index in [1.165, 1.54) is 6.07 Å². The predicted octanol–water partition coefficient (Wildman–Crippen LogP) is 3.51. The molecular formula is C13H13ClFN3. The molecule has 0 unspecified atom stereocenters. The molecular weight excluding hydrogens is 253 g/mol. The molecule has 0 saturated heterocycles. The first kappa shape index (κ1) is 12.8. The zero-order valence-electron chi connectivity index (χ0n) is 9.98. The van der Waals surface area contributed by atoms with Gasteiger partial charge in [-0.15, -0.1) is 11.6 Å². The van der Waals surface area contributed by atoms with Gasteiger partial charge >= 0.3 is 0 Å². The van der Waals surface area contributed by atoms with Crippen LogP contribution in [-0.4, -0.2) is 16.5 Å². The minimum Gasteiger partial charge on any atom is -0.323 e. The maximum absolute atomic E-state index is 13.7. The van der Waals surface area contributed by atoms with Crippen molar-refractivity contribution < 1.29 is 4.39 Å². The first-order valence-corrected chi connectivity index (χ1v) is 6.18. The standard InChI is InChI=1S/C13H13ClFN3/c1-2-18(12-6-4-3-5-11(12)15)13-9-16-10(7-14)8-17-13/h3-6,8-9H,2,7H2,1H3. The summed E-state index contributed by atoms with van der Waals surface area (Å²) in [6.45, 7) is 2.54. The van der Waals surface area contributed by atoms with E-state index in [-0.39, 0.29) is 5.82 Å². The van der Waals surface area contributed by atoms with Gasteiger partial charge in [0.2, 0.25) is 0 Å². The fraction of sp³-hybridized carbons (Fsp3) is 0.231.